The second-order valence-corrected chi connectivity index (χ2v) is 9.63. The molecule has 0 spiro atoms. The predicted octanol–water partition coefficient (Wildman–Crippen LogP) is 5.09. The number of hydrogen-bond donors (Lipinski definition) is 1. The molecule has 2 aromatic carbocycles. The number of hydrogen-bond acceptors (Lipinski definition) is 4. The third kappa shape index (κ3) is 5.50. The van der Waals surface area contributed by atoms with Crippen LogP contribution < -0.4 is 0 Å². The molecule has 0 bridgehead atoms. The van der Waals surface area contributed by atoms with Crippen LogP contribution in [0.15, 0.2) is 79.1 Å². The molecule has 190 valence electrons. The predicted molar refractivity (Wildman–Crippen MR) is 141 cm³/mol. The number of carbonyl (C=O) groups is 2. The molecular weight excluding hydrogens is 466 g/mol. The van der Waals surface area contributed by atoms with Gasteiger partial charge in [0.2, 0.25) is 0 Å². The van der Waals surface area contributed by atoms with Gasteiger partial charge in [-0.05, 0) is 36.5 Å². The van der Waals surface area contributed by atoms with Crippen LogP contribution in [0.5, 0.6) is 0 Å². The fourth-order valence-electron chi connectivity index (χ4n) is 5.13. The normalized spacial score (nSPS) is 18.1. The summed E-state index contributed by atoms with van der Waals surface area (Å²) in [5.41, 5.74) is 5.69. The van der Waals surface area contributed by atoms with Gasteiger partial charge in [-0.25, -0.2) is 4.98 Å². The molecular formula is C30H31N3O4. The minimum atomic E-state index is -0.685. The van der Waals surface area contributed by atoms with Crippen molar-refractivity contribution < 1.29 is 19.4 Å². The van der Waals surface area contributed by atoms with Crippen molar-refractivity contribution in [3.05, 3.63) is 90.6 Å². The Labute approximate surface area is 216 Å². The van der Waals surface area contributed by atoms with Crippen molar-refractivity contribution in [1.29, 1.82) is 0 Å². The highest BCUT2D eigenvalue weighted by Crippen LogP contribution is 2.28. The number of carboxylic acids is 1. The minimum Gasteiger partial charge on any atom is -0.481 e. The van der Waals surface area contributed by atoms with Crippen molar-refractivity contribution in [1.82, 2.24) is 14.1 Å². The van der Waals surface area contributed by atoms with Crippen LogP contribution in [-0.4, -0.2) is 38.3 Å². The second kappa shape index (κ2) is 10.9. The van der Waals surface area contributed by atoms with Gasteiger partial charge >= 0.3 is 11.9 Å². The molecule has 0 amide bonds. The van der Waals surface area contributed by atoms with Crippen LogP contribution in [0.2, 0.25) is 0 Å². The van der Waals surface area contributed by atoms with E-state index in [1.807, 2.05) is 54.7 Å². The van der Waals surface area contributed by atoms with E-state index in [0.717, 1.165) is 42.8 Å². The molecule has 7 heteroatoms. The van der Waals surface area contributed by atoms with Crippen molar-refractivity contribution >= 4 is 11.9 Å². The first-order chi connectivity index (χ1) is 18.0. The lowest BCUT2D eigenvalue weighted by Crippen LogP contribution is -2.27. The molecule has 6 rings (SSSR count). The molecule has 0 aliphatic carbocycles. The van der Waals surface area contributed by atoms with E-state index in [0.29, 0.717) is 13.1 Å². The Hall–Kier alpha value is -4.13. The van der Waals surface area contributed by atoms with Gasteiger partial charge in [-0.2, -0.15) is 0 Å². The lowest BCUT2D eigenvalue weighted by atomic mass is 9.98. The smallest absolute Gasteiger partial charge is 0.310 e. The number of aliphatic carboxylic acids is 1. The van der Waals surface area contributed by atoms with Gasteiger partial charge in [-0.3, -0.25) is 9.59 Å². The molecule has 4 heterocycles. The van der Waals surface area contributed by atoms with Gasteiger partial charge in [0.25, 0.3) is 0 Å². The molecule has 0 fully saturated rings. The van der Waals surface area contributed by atoms with E-state index in [4.69, 9.17) is 9.84 Å². The lowest BCUT2D eigenvalue weighted by molar-refractivity contribution is -0.146. The summed E-state index contributed by atoms with van der Waals surface area (Å²) < 4.78 is 8.99. The Kier molecular flexibility index (Phi) is 7.21. The van der Waals surface area contributed by atoms with Crippen molar-refractivity contribution in [3.8, 4) is 22.4 Å². The maximum atomic E-state index is 11.6. The zero-order chi connectivity index (χ0) is 25.8. The number of rotatable bonds is 4. The third-order valence-corrected chi connectivity index (χ3v) is 7.21. The largest absolute Gasteiger partial charge is 0.481 e. The van der Waals surface area contributed by atoms with Crippen LogP contribution in [0.25, 0.3) is 22.4 Å². The number of ether oxygens (including phenoxy) is 1. The SMILES string of the molecule is COC(=O)C1CCc2nc(-c3ccccc3)cn2C1.O=C(O)C1CCc2cc(-c3ccccc3)cn2C1. The van der Waals surface area contributed by atoms with Crippen LogP contribution >= 0.6 is 0 Å². The van der Waals surface area contributed by atoms with Crippen molar-refractivity contribution in [2.75, 3.05) is 7.11 Å². The number of aryl methyl sites for hydroxylation is 2. The van der Waals surface area contributed by atoms with Crippen LogP contribution in [0, 0.1) is 11.8 Å². The highest BCUT2D eigenvalue weighted by atomic mass is 16.5. The fraction of sp³-hybridized carbons (Fsp3) is 0.300. The number of carboxylic acid groups (broad SMARTS) is 1. The fourth-order valence-corrected chi connectivity index (χ4v) is 5.13. The number of benzene rings is 2. The summed E-state index contributed by atoms with van der Waals surface area (Å²) in [5.74, 6) is -0.0425. The van der Waals surface area contributed by atoms with Crippen molar-refractivity contribution in [2.45, 2.75) is 38.8 Å². The van der Waals surface area contributed by atoms with E-state index < -0.39 is 5.97 Å². The van der Waals surface area contributed by atoms with Crippen LogP contribution in [0.4, 0.5) is 0 Å². The summed E-state index contributed by atoms with van der Waals surface area (Å²) in [6, 6.07) is 22.5. The highest BCUT2D eigenvalue weighted by Gasteiger charge is 2.27. The van der Waals surface area contributed by atoms with Gasteiger partial charge in [0.05, 0.1) is 24.6 Å². The maximum Gasteiger partial charge on any atom is 0.310 e. The van der Waals surface area contributed by atoms with Gasteiger partial charge in [-0.15, -0.1) is 0 Å². The molecule has 0 saturated heterocycles. The average Bonchev–Trinajstić information content (AvgIpc) is 3.57. The number of carbonyl (C=O) groups excluding carboxylic acids is 1. The van der Waals surface area contributed by atoms with E-state index in [1.165, 1.54) is 23.9 Å². The summed E-state index contributed by atoms with van der Waals surface area (Å²) in [6.07, 6.45) is 7.33. The number of esters is 1. The van der Waals surface area contributed by atoms with E-state index in [-0.39, 0.29) is 17.8 Å². The van der Waals surface area contributed by atoms with E-state index in [2.05, 4.69) is 38.5 Å². The Bertz CT molecular complexity index is 1370. The molecule has 0 saturated carbocycles. The summed E-state index contributed by atoms with van der Waals surface area (Å²) in [4.78, 5) is 27.3. The quantitative estimate of drug-likeness (QED) is 0.397. The zero-order valence-corrected chi connectivity index (χ0v) is 20.9. The van der Waals surface area contributed by atoms with Crippen molar-refractivity contribution in [3.63, 3.8) is 0 Å². The van der Waals surface area contributed by atoms with Gasteiger partial charge in [0.1, 0.15) is 5.82 Å². The second-order valence-electron chi connectivity index (χ2n) is 9.63. The minimum absolute atomic E-state index is 0.0460. The summed E-state index contributed by atoms with van der Waals surface area (Å²) in [7, 11) is 1.45. The molecule has 37 heavy (non-hydrogen) atoms. The van der Waals surface area contributed by atoms with Crippen LogP contribution in [0.1, 0.15) is 24.4 Å². The maximum absolute atomic E-state index is 11.6. The van der Waals surface area contributed by atoms with E-state index >= 15 is 0 Å². The molecule has 2 atom stereocenters. The summed E-state index contributed by atoms with van der Waals surface area (Å²) >= 11 is 0. The number of fused-ring (bicyclic) bond motifs is 2. The average molecular weight is 498 g/mol. The molecule has 1 N–H and O–H groups in total. The first-order valence-electron chi connectivity index (χ1n) is 12.7. The first kappa shape index (κ1) is 24.6. The highest BCUT2D eigenvalue weighted by molar-refractivity contribution is 5.72. The molecule has 2 unspecified atom stereocenters. The van der Waals surface area contributed by atoms with Crippen molar-refractivity contribution in [2.24, 2.45) is 11.8 Å². The van der Waals surface area contributed by atoms with Gasteiger partial charge < -0.3 is 19.0 Å². The topological polar surface area (TPSA) is 86.3 Å². The first-order valence-corrected chi connectivity index (χ1v) is 12.7. The Morgan fingerprint density at radius 2 is 1.49 bits per heavy atom. The van der Waals surface area contributed by atoms with Gasteiger partial charge in [0, 0.05) is 43.2 Å². The number of nitrogens with zero attached hydrogens (tertiary/aromatic N) is 3. The lowest BCUT2D eigenvalue weighted by Gasteiger charge is -2.21. The van der Waals surface area contributed by atoms with Crippen LogP contribution in [-0.2, 0) is 40.3 Å². The molecule has 0 radical (unpaired) electrons. The zero-order valence-electron chi connectivity index (χ0n) is 20.9. The Balaban J connectivity index is 0.000000152. The van der Waals surface area contributed by atoms with Gasteiger partial charge in [-0.1, -0.05) is 60.7 Å². The summed E-state index contributed by atoms with van der Waals surface area (Å²) in [6.45, 7) is 1.26. The monoisotopic (exact) mass is 497 g/mol. The third-order valence-electron chi connectivity index (χ3n) is 7.21. The van der Waals surface area contributed by atoms with Gasteiger partial charge in [0.15, 0.2) is 0 Å². The van der Waals surface area contributed by atoms with E-state index in [1.54, 1.807) is 0 Å². The standard InChI is InChI=1S/C15H16N2O2.C15H15NO2/c1-19-15(18)12-7-8-14-16-13(10-17(14)9-12)11-5-3-2-4-6-11;17-15(18)12-6-7-14-8-13(10-16(14)9-12)11-4-2-1-3-5-11/h2-6,10,12H,7-9H2,1H3;1-5,8,10,12H,6-7,9H2,(H,17,18). The summed E-state index contributed by atoms with van der Waals surface area (Å²) in [5, 5.41) is 9.07. The number of methoxy groups -OCH3 is 1. The number of imidazole rings is 1. The molecule has 7 nitrogen and oxygen atoms in total. The number of aromatic nitrogens is 3. The molecule has 2 aliphatic rings. The molecule has 2 aromatic heterocycles. The Morgan fingerprint density at radius 3 is 2.16 bits per heavy atom. The Morgan fingerprint density at radius 1 is 0.838 bits per heavy atom. The molecule has 4 aromatic rings. The molecule has 2 aliphatic heterocycles. The van der Waals surface area contributed by atoms with E-state index in [9.17, 15) is 9.59 Å². The van der Waals surface area contributed by atoms with Crippen LogP contribution in [0.3, 0.4) is 0 Å².